The third-order valence-corrected chi connectivity index (χ3v) is 5.85. The van der Waals surface area contributed by atoms with Gasteiger partial charge in [0.1, 0.15) is 5.82 Å². The predicted octanol–water partition coefficient (Wildman–Crippen LogP) is 2.16. The number of para-hydroxylation sites is 3. The van der Waals surface area contributed by atoms with Crippen molar-refractivity contribution in [3.8, 4) is 0 Å². The Bertz CT molecular complexity index is 1420. The van der Waals surface area contributed by atoms with Crippen LogP contribution in [0.2, 0.25) is 0 Å². The summed E-state index contributed by atoms with van der Waals surface area (Å²) >= 11 is 0. The summed E-state index contributed by atoms with van der Waals surface area (Å²) in [5.74, 6) is 0.123. The Morgan fingerprint density at radius 1 is 0.968 bits per heavy atom. The Kier molecular flexibility index (Phi) is 4.69. The molecule has 1 aliphatic rings. The molecule has 1 amide bonds. The summed E-state index contributed by atoms with van der Waals surface area (Å²) in [6.45, 7) is 0.651. The predicted molar refractivity (Wildman–Crippen MR) is 118 cm³/mol. The number of nitrogens with zero attached hydrogens (tertiary/aromatic N) is 4. The molecule has 0 bridgehead atoms. The minimum absolute atomic E-state index is 0.0882. The van der Waals surface area contributed by atoms with Crippen molar-refractivity contribution in [1.82, 2.24) is 18.7 Å². The van der Waals surface area contributed by atoms with Crippen molar-refractivity contribution in [3.63, 3.8) is 0 Å². The molecule has 31 heavy (non-hydrogen) atoms. The number of carbonyl (C=O) groups excluding carboxylic acids is 1. The molecule has 2 heterocycles. The molecule has 0 aliphatic heterocycles. The number of nitrogens with two attached hydrogens (primary N) is 1. The number of hydrogen-bond acceptors (Lipinski definition) is 4. The molecule has 0 unspecified atom stereocenters. The Morgan fingerprint density at radius 2 is 1.65 bits per heavy atom. The lowest BCUT2D eigenvalue weighted by Crippen LogP contribution is -2.28. The second kappa shape index (κ2) is 7.54. The number of rotatable bonds is 7. The third kappa shape index (κ3) is 3.43. The zero-order valence-electron chi connectivity index (χ0n) is 17.0. The lowest BCUT2D eigenvalue weighted by Gasteiger charge is -2.16. The molecular weight excluding hydrogens is 394 g/mol. The maximum Gasteiger partial charge on any atom is 0.329 e. The highest BCUT2D eigenvalue weighted by atomic mass is 16.2. The van der Waals surface area contributed by atoms with E-state index in [1.165, 1.54) is 0 Å². The number of aryl methyl sites for hydroxylation is 1. The van der Waals surface area contributed by atoms with E-state index in [4.69, 9.17) is 5.73 Å². The maximum absolute atomic E-state index is 13.3. The molecule has 0 saturated heterocycles. The van der Waals surface area contributed by atoms with E-state index in [9.17, 15) is 14.4 Å². The van der Waals surface area contributed by atoms with Crippen molar-refractivity contribution in [3.05, 3.63) is 75.2 Å². The first-order chi connectivity index (χ1) is 15.0. The maximum atomic E-state index is 13.3. The van der Waals surface area contributed by atoms with Crippen LogP contribution in [0, 0.1) is 0 Å². The van der Waals surface area contributed by atoms with E-state index in [2.05, 4.69) is 4.98 Å². The van der Waals surface area contributed by atoms with Crippen LogP contribution in [0.15, 0.2) is 58.1 Å². The molecule has 2 aromatic heterocycles. The lowest BCUT2D eigenvalue weighted by molar-refractivity contribution is -0.118. The molecule has 5 rings (SSSR count). The van der Waals surface area contributed by atoms with Crippen LogP contribution < -0.4 is 17.0 Å². The van der Waals surface area contributed by atoms with E-state index >= 15 is 0 Å². The largest absolute Gasteiger partial charge is 0.370 e. The summed E-state index contributed by atoms with van der Waals surface area (Å²) in [5, 5.41) is 0.512. The molecular formula is C23H23N5O3. The number of imidazole rings is 1. The van der Waals surface area contributed by atoms with Crippen molar-refractivity contribution in [2.45, 2.75) is 44.8 Å². The first kappa shape index (κ1) is 19.3. The number of amides is 1. The standard InChI is InChI=1S/C23H23N5O3/c24-20(29)10-5-13-26-17-7-2-1-6-16(17)22(30)25-21(26)14-27-18-8-3-4-9-19(18)28(23(27)31)15-11-12-15/h1-4,6-9,15H,5,10-14H2,(H2,24,29). The Labute approximate surface area is 177 Å². The van der Waals surface area contributed by atoms with Crippen molar-refractivity contribution in [2.24, 2.45) is 5.73 Å². The normalized spacial score (nSPS) is 13.8. The first-order valence-electron chi connectivity index (χ1n) is 10.5. The van der Waals surface area contributed by atoms with Gasteiger partial charge in [-0.25, -0.2) is 4.79 Å². The van der Waals surface area contributed by atoms with Gasteiger partial charge in [-0.1, -0.05) is 24.3 Å². The van der Waals surface area contributed by atoms with Gasteiger partial charge in [0.2, 0.25) is 5.91 Å². The molecule has 0 atom stereocenters. The molecule has 8 nitrogen and oxygen atoms in total. The highest BCUT2D eigenvalue weighted by Crippen LogP contribution is 2.36. The van der Waals surface area contributed by atoms with Crippen LogP contribution in [0.3, 0.4) is 0 Å². The highest BCUT2D eigenvalue weighted by molar-refractivity contribution is 5.79. The fourth-order valence-electron chi connectivity index (χ4n) is 4.26. The fraction of sp³-hybridized carbons (Fsp3) is 0.304. The second-order valence-corrected chi connectivity index (χ2v) is 8.03. The van der Waals surface area contributed by atoms with Crippen LogP contribution in [0.5, 0.6) is 0 Å². The van der Waals surface area contributed by atoms with Crippen molar-refractivity contribution in [2.75, 3.05) is 0 Å². The van der Waals surface area contributed by atoms with E-state index in [0.717, 1.165) is 29.4 Å². The van der Waals surface area contributed by atoms with E-state index in [0.29, 0.717) is 24.2 Å². The Morgan fingerprint density at radius 3 is 2.35 bits per heavy atom. The highest BCUT2D eigenvalue weighted by Gasteiger charge is 2.29. The monoisotopic (exact) mass is 417 g/mol. The molecule has 1 fully saturated rings. The van der Waals surface area contributed by atoms with Crippen molar-refractivity contribution in [1.29, 1.82) is 0 Å². The van der Waals surface area contributed by atoms with Gasteiger partial charge in [0.15, 0.2) is 0 Å². The number of aromatic nitrogens is 4. The number of carbonyl (C=O) groups is 1. The molecule has 2 aromatic carbocycles. The van der Waals surface area contributed by atoms with Crippen molar-refractivity contribution < 1.29 is 4.79 Å². The number of benzene rings is 2. The summed E-state index contributed by atoms with van der Waals surface area (Å²) < 4.78 is 5.47. The average molecular weight is 417 g/mol. The summed E-state index contributed by atoms with van der Waals surface area (Å²) in [6.07, 6.45) is 2.76. The van der Waals surface area contributed by atoms with E-state index in [1.54, 1.807) is 16.7 Å². The molecule has 1 saturated carbocycles. The molecule has 0 spiro atoms. The van der Waals surface area contributed by atoms with Crippen LogP contribution >= 0.6 is 0 Å². The SMILES string of the molecule is NC(=O)CCCn1c(Cn2c(=O)n(C3CC3)c3ccccc32)nc(=O)c2ccccc21. The van der Waals surface area contributed by atoms with Crippen molar-refractivity contribution >= 4 is 27.8 Å². The van der Waals surface area contributed by atoms with Gasteiger partial charge >= 0.3 is 5.69 Å². The third-order valence-electron chi connectivity index (χ3n) is 5.85. The van der Waals surface area contributed by atoms with E-state index in [1.807, 2.05) is 45.5 Å². The average Bonchev–Trinajstić information content (AvgIpc) is 3.55. The summed E-state index contributed by atoms with van der Waals surface area (Å²) in [7, 11) is 0. The quantitative estimate of drug-likeness (QED) is 0.497. The van der Waals surface area contributed by atoms with Gasteiger partial charge in [0.05, 0.1) is 28.5 Å². The lowest BCUT2D eigenvalue weighted by atomic mass is 10.2. The zero-order valence-corrected chi connectivity index (χ0v) is 17.0. The fourth-order valence-corrected chi connectivity index (χ4v) is 4.26. The van der Waals surface area contributed by atoms with Crippen LogP contribution in [0.4, 0.5) is 0 Å². The van der Waals surface area contributed by atoms with Crippen LogP contribution in [0.1, 0.15) is 37.5 Å². The minimum atomic E-state index is -0.372. The molecule has 8 heteroatoms. The van der Waals surface area contributed by atoms with Gasteiger partial charge < -0.3 is 10.3 Å². The molecule has 2 N–H and O–H groups in total. The summed E-state index contributed by atoms with van der Waals surface area (Å²) in [4.78, 5) is 41.6. The second-order valence-electron chi connectivity index (χ2n) is 8.03. The van der Waals surface area contributed by atoms with Gasteiger partial charge in [-0.2, -0.15) is 4.98 Å². The summed E-state index contributed by atoms with van der Waals surface area (Å²) in [6, 6.07) is 15.2. The zero-order chi connectivity index (χ0) is 21.5. The first-order valence-corrected chi connectivity index (χ1v) is 10.5. The smallest absolute Gasteiger partial charge is 0.329 e. The number of fused-ring (bicyclic) bond motifs is 2. The van der Waals surface area contributed by atoms with Crippen LogP contribution in [-0.2, 0) is 17.9 Å². The topological polar surface area (TPSA) is 105 Å². The van der Waals surface area contributed by atoms with Gasteiger partial charge in [0, 0.05) is 19.0 Å². The van der Waals surface area contributed by atoms with E-state index < -0.39 is 0 Å². The van der Waals surface area contributed by atoms with Gasteiger partial charge in [-0.15, -0.1) is 0 Å². The molecule has 158 valence electrons. The molecule has 4 aromatic rings. The van der Waals surface area contributed by atoms with E-state index in [-0.39, 0.29) is 36.2 Å². The van der Waals surface area contributed by atoms with Crippen LogP contribution in [-0.4, -0.2) is 24.6 Å². The molecule has 1 aliphatic carbocycles. The van der Waals surface area contributed by atoms with Gasteiger partial charge in [0.25, 0.3) is 5.56 Å². The van der Waals surface area contributed by atoms with Gasteiger partial charge in [-0.05, 0) is 43.5 Å². The van der Waals surface area contributed by atoms with Crippen LogP contribution in [0.25, 0.3) is 21.9 Å². The molecule has 0 radical (unpaired) electrons. The Hall–Kier alpha value is -3.68. The van der Waals surface area contributed by atoms with Gasteiger partial charge in [-0.3, -0.25) is 18.7 Å². The minimum Gasteiger partial charge on any atom is -0.370 e. The summed E-state index contributed by atoms with van der Waals surface area (Å²) in [5.41, 5.74) is 7.36. The number of primary amides is 1. The number of hydrogen-bond donors (Lipinski definition) is 1. The Balaban J connectivity index is 1.66.